The zero-order valence-electron chi connectivity index (χ0n) is 18.9. The predicted molar refractivity (Wildman–Crippen MR) is 117 cm³/mol. The Kier molecular flexibility index (Phi) is 6.70. The molecule has 2 aliphatic carbocycles. The van der Waals surface area contributed by atoms with E-state index in [0.717, 1.165) is 70.4 Å². The molecule has 1 aromatic carbocycles. The Balaban J connectivity index is 1.35. The van der Waals surface area contributed by atoms with E-state index in [9.17, 15) is 9.59 Å². The Morgan fingerprint density at radius 3 is 2.16 bits per heavy atom. The maximum Gasteiger partial charge on any atom is 0.225 e. The van der Waals surface area contributed by atoms with Crippen molar-refractivity contribution in [2.75, 3.05) is 47.5 Å². The first-order valence-electron chi connectivity index (χ1n) is 11.4. The number of benzene rings is 1. The van der Waals surface area contributed by atoms with Gasteiger partial charge in [-0.1, -0.05) is 12.5 Å². The van der Waals surface area contributed by atoms with Crippen molar-refractivity contribution in [2.45, 2.75) is 38.6 Å². The minimum Gasteiger partial charge on any atom is -0.493 e. The number of hydrogen-bond acceptors (Lipinski definition) is 6. The number of ether oxygens (including phenoxy) is 3. The topological polar surface area (TPSA) is 68.3 Å². The molecule has 1 heterocycles. The number of hydrogen-bond donors (Lipinski definition) is 0. The highest BCUT2D eigenvalue weighted by atomic mass is 16.5. The number of fused-ring (bicyclic) bond motifs is 2. The maximum atomic E-state index is 13.2. The molecule has 1 saturated heterocycles. The Morgan fingerprint density at radius 1 is 0.935 bits per heavy atom. The zero-order chi connectivity index (χ0) is 22.0. The van der Waals surface area contributed by atoms with Crippen molar-refractivity contribution >= 4 is 11.7 Å². The van der Waals surface area contributed by atoms with Crippen molar-refractivity contribution in [3.8, 4) is 17.2 Å². The van der Waals surface area contributed by atoms with Crippen molar-refractivity contribution < 1.29 is 23.8 Å². The lowest BCUT2D eigenvalue weighted by Crippen LogP contribution is -2.51. The van der Waals surface area contributed by atoms with Gasteiger partial charge in [-0.05, 0) is 31.7 Å². The van der Waals surface area contributed by atoms with E-state index in [1.54, 1.807) is 21.3 Å². The van der Waals surface area contributed by atoms with Gasteiger partial charge in [-0.25, -0.2) is 0 Å². The number of piperazine rings is 1. The highest BCUT2D eigenvalue weighted by Crippen LogP contribution is 2.41. The summed E-state index contributed by atoms with van der Waals surface area (Å²) >= 11 is 0. The summed E-state index contributed by atoms with van der Waals surface area (Å²) in [6, 6.07) is 3.91. The van der Waals surface area contributed by atoms with Crippen LogP contribution < -0.4 is 14.2 Å². The van der Waals surface area contributed by atoms with Crippen molar-refractivity contribution in [3.05, 3.63) is 17.7 Å². The Morgan fingerprint density at radius 2 is 1.58 bits per heavy atom. The predicted octanol–water partition coefficient (Wildman–Crippen LogP) is 2.75. The molecule has 1 aromatic rings. The average molecular weight is 431 g/mol. The summed E-state index contributed by atoms with van der Waals surface area (Å²) in [7, 11) is 4.87. The SMILES string of the molecule is COc1ccc(CN2CCN(C(=O)C3CC4CCCC(C3)C4=O)CC2)c(OC)c1OC. The quantitative estimate of drug-likeness (QED) is 0.691. The molecule has 7 heteroatoms. The van der Waals surface area contributed by atoms with Crippen LogP contribution in [0.3, 0.4) is 0 Å². The number of Topliss-reactive ketones (excluding diaryl/α,β-unsaturated/α-hetero) is 1. The lowest BCUT2D eigenvalue weighted by Gasteiger charge is -2.41. The Hall–Kier alpha value is -2.28. The lowest BCUT2D eigenvalue weighted by atomic mass is 9.67. The van der Waals surface area contributed by atoms with Crippen molar-refractivity contribution in [1.29, 1.82) is 0 Å². The third-order valence-electron chi connectivity index (χ3n) is 7.26. The molecule has 7 nitrogen and oxygen atoms in total. The molecule has 2 saturated carbocycles. The molecule has 2 bridgehead atoms. The van der Waals surface area contributed by atoms with Crippen LogP contribution in [0, 0.1) is 17.8 Å². The third kappa shape index (κ3) is 4.38. The van der Waals surface area contributed by atoms with E-state index in [2.05, 4.69) is 4.90 Å². The molecule has 3 aliphatic rings. The average Bonchev–Trinajstić information content (AvgIpc) is 2.78. The molecule has 31 heavy (non-hydrogen) atoms. The molecule has 1 aliphatic heterocycles. The van der Waals surface area contributed by atoms with E-state index in [0.29, 0.717) is 23.0 Å². The van der Waals surface area contributed by atoms with Gasteiger partial charge in [0.25, 0.3) is 0 Å². The molecule has 0 radical (unpaired) electrons. The fourth-order valence-electron chi connectivity index (χ4n) is 5.59. The molecule has 2 atom stereocenters. The highest BCUT2D eigenvalue weighted by Gasteiger charge is 2.42. The van der Waals surface area contributed by atoms with Crippen LogP contribution in [-0.4, -0.2) is 69.0 Å². The molecular weight excluding hydrogens is 396 g/mol. The highest BCUT2D eigenvalue weighted by molar-refractivity contribution is 5.88. The smallest absolute Gasteiger partial charge is 0.225 e. The van der Waals surface area contributed by atoms with Crippen LogP contribution in [0.2, 0.25) is 0 Å². The molecule has 0 aromatic heterocycles. The molecule has 1 amide bonds. The fourth-order valence-corrected chi connectivity index (χ4v) is 5.59. The van der Waals surface area contributed by atoms with Crippen LogP contribution in [0.4, 0.5) is 0 Å². The van der Waals surface area contributed by atoms with Crippen LogP contribution in [-0.2, 0) is 16.1 Å². The maximum absolute atomic E-state index is 13.2. The first-order chi connectivity index (χ1) is 15.0. The first kappa shape index (κ1) is 21.9. The van der Waals surface area contributed by atoms with Crippen molar-refractivity contribution in [1.82, 2.24) is 9.80 Å². The summed E-state index contributed by atoms with van der Waals surface area (Å²) in [5.41, 5.74) is 1.04. The van der Waals surface area contributed by atoms with E-state index in [-0.39, 0.29) is 23.7 Å². The number of carbonyl (C=O) groups excluding carboxylic acids is 2. The van der Waals surface area contributed by atoms with Gasteiger partial charge in [0.1, 0.15) is 5.78 Å². The number of nitrogens with zero attached hydrogens (tertiary/aromatic N) is 2. The number of amides is 1. The summed E-state index contributed by atoms with van der Waals surface area (Å²) in [6.45, 7) is 3.83. The number of ketones is 1. The van der Waals surface area contributed by atoms with E-state index in [4.69, 9.17) is 14.2 Å². The van der Waals surface area contributed by atoms with Gasteiger partial charge in [-0.15, -0.1) is 0 Å². The van der Waals surface area contributed by atoms with Crippen LogP contribution >= 0.6 is 0 Å². The van der Waals surface area contributed by atoms with Gasteiger partial charge in [0, 0.05) is 56.0 Å². The molecule has 4 rings (SSSR count). The minimum absolute atomic E-state index is 0.0329. The van der Waals surface area contributed by atoms with E-state index in [1.807, 2.05) is 17.0 Å². The first-order valence-corrected chi connectivity index (χ1v) is 11.4. The van der Waals surface area contributed by atoms with Gasteiger partial charge in [-0.3, -0.25) is 14.5 Å². The van der Waals surface area contributed by atoms with Crippen molar-refractivity contribution in [2.24, 2.45) is 17.8 Å². The number of carbonyl (C=O) groups is 2. The Bertz CT molecular complexity index is 802. The summed E-state index contributed by atoms with van der Waals surface area (Å²) in [5.74, 6) is 2.91. The van der Waals surface area contributed by atoms with Crippen LogP contribution in [0.1, 0.15) is 37.7 Å². The molecule has 2 unspecified atom stereocenters. The number of rotatable bonds is 6. The van der Waals surface area contributed by atoms with Crippen molar-refractivity contribution in [3.63, 3.8) is 0 Å². The van der Waals surface area contributed by atoms with Gasteiger partial charge in [0.2, 0.25) is 11.7 Å². The van der Waals surface area contributed by atoms with E-state index >= 15 is 0 Å². The van der Waals surface area contributed by atoms with Crippen LogP contribution in [0.15, 0.2) is 12.1 Å². The lowest BCUT2D eigenvalue weighted by molar-refractivity contribution is -0.144. The summed E-state index contributed by atoms with van der Waals surface area (Å²) in [4.78, 5) is 29.9. The summed E-state index contributed by atoms with van der Waals surface area (Å²) in [5, 5.41) is 0. The zero-order valence-corrected chi connectivity index (χ0v) is 18.9. The standard InChI is InChI=1S/C24H34N2O5/c1-29-20-8-7-18(22(30-2)23(20)31-3)15-25-9-11-26(12-10-25)24(28)19-13-16-5-4-6-17(14-19)21(16)27/h7-8,16-17,19H,4-6,9-15H2,1-3H3. The van der Waals surface area contributed by atoms with Gasteiger partial charge in [0.05, 0.1) is 21.3 Å². The summed E-state index contributed by atoms with van der Waals surface area (Å²) in [6.07, 6.45) is 4.61. The number of methoxy groups -OCH3 is 3. The second-order valence-corrected chi connectivity index (χ2v) is 8.99. The molecule has 0 N–H and O–H groups in total. The third-order valence-corrected chi connectivity index (χ3v) is 7.26. The largest absolute Gasteiger partial charge is 0.493 e. The van der Waals surface area contributed by atoms with E-state index < -0.39 is 0 Å². The Labute approximate surface area is 184 Å². The molecule has 0 spiro atoms. The molecule has 3 fully saturated rings. The normalized spacial score (nSPS) is 26.5. The van der Waals surface area contributed by atoms with Gasteiger partial charge in [-0.2, -0.15) is 0 Å². The van der Waals surface area contributed by atoms with Crippen LogP contribution in [0.25, 0.3) is 0 Å². The van der Waals surface area contributed by atoms with Gasteiger partial charge >= 0.3 is 0 Å². The monoisotopic (exact) mass is 430 g/mol. The summed E-state index contributed by atoms with van der Waals surface area (Å²) < 4.78 is 16.5. The van der Waals surface area contributed by atoms with Crippen LogP contribution in [0.5, 0.6) is 17.2 Å². The molecule has 170 valence electrons. The second kappa shape index (κ2) is 9.47. The molecular formula is C24H34N2O5. The van der Waals surface area contributed by atoms with Gasteiger partial charge in [0.15, 0.2) is 11.5 Å². The van der Waals surface area contributed by atoms with E-state index in [1.165, 1.54) is 0 Å². The second-order valence-electron chi connectivity index (χ2n) is 8.99. The fraction of sp³-hybridized carbons (Fsp3) is 0.667. The van der Waals surface area contributed by atoms with Gasteiger partial charge < -0.3 is 19.1 Å². The minimum atomic E-state index is 0.0329.